The van der Waals surface area contributed by atoms with Crippen molar-refractivity contribution in [2.75, 3.05) is 44.3 Å². The van der Waals surface area contributed by atoms with Gasteiger partial charge in [-0.3, -0.25) is 0 Å². The third-order valence-electron chi connectivity index (χ3n) is 5.76. The minimum atomic E-state index is 0.255. The summed E-state index contributed by atoms with van der Waals surface area (Å²) in [6.45, 7) is 7.73. The third-order valence-corrected chi connectivity index (χ3v) is 5.76. The molecule has 2 aliphatic rings. The number of aliphatic imine (C=N–C) groups is 1. The summed E-state index contributed by atoms with van der Waals surface area (Å²) in [4.78, 5) is 11.8. The van der Waals surface area contributed by atoms with Crippen molar-refractivity contribution in [2.45, 2.75) is 31.7 Å². The van der Waals surface area contributed by atoms with Gasteiger partial charge in [-0.15, -0.1) is 0 Å². The second kappa shape index (κ2) is 9.27. The van der Waals surface area contributed by atoms with Gasteiger partial charge in [0.15, 0.2) is 5.96 Å². The molecule has 2 aromatic rings. The van der Waals surface area contributed by atoms with E-state index in [9.17, 15) is 0 Å². The number of rotatable bonds is 7. The number of nitrogens with zero attached hydrogens (tertiary/aromatic N) is 3. The Morgan fingerprint density at radius 2 is 1.90 bits per heavy atom. The number of anilines is 1. The highest BCUT2D eigenvalue weighted by Gasteiger charge is 2.44. The second-order valence-corrected chi connectivity index (χ2v) is 7.78. The number of guanidine groups is 1. The highest BCUT2D eigenvalue weighted by molar-refractivity contribution is 5.80. The Labute approximate surface area is 173 Å². The molecular formula is C23H31N5O. The number of hydrogen-bond donors (Lipinski definition) is 2. The second-order valence-electron chi connectivity index (χ2n) is 7.78. The van der Waals surface area contributed by atoms with Crippen molar-refractivity contribution in [1.29, 1.82) is 0 Å². The predicted molar refractivity (Wildman–Crippen MR) is 117 cm³/mol. The standard InChI is InChI=1S/C23H31N5O/c1-2-24-22(27-18-23(10-11-23)20-8-4-3-5-9-20)26-17-19-7-6-12-25-21(19)28-13-15-29-16-14-28/h3-9,12H,2,10-11,13-18H2,1H3,(H2,24,26,27). The molecule has 2 fully saturated rings. The molecule has 154 valence electrons. The van der Waals surface area contributed by atoms with Crippen LogP contribution >= 0.6 is 0 Å². The van der Waals surface area contributed by atoms with Crippen LogP contribution in [0.5, 0.6) is 0 Å². The molecule has 0 unspecified atom stereocenters. The van der Waals surface area contributed by atoms with Gasteiger partial charge in [0.2, 0.25) is 0 Å². The van der Waals surface area contributed by atoms with Gasteiger partial charge >= 0.3 is 0 Å². The molecular weight excluding hydrogens is 362 g/mol. The Bertz CT molecular complexity index is 813. The van der Waals surface area contributed by atoms with Crippen molar-refractivity contribution in [3.05, 3.63) is 59.8 Å². The third kappa shape index (κ3) is 4.88. The Kier molecular flexibility index (Phi) is 6.30. The summed E-state index contributed by atoms with van der Waals surface area (Å²) >= 11 is 0. The van der Waals surface area contributed by atoms with Crippen LogP contribution in [0.15, 0.2) is 53.7 Å². The quantitative estimate of drug-likeness (QED) is 0.559. The van der Waals surface area contributed by atoms with Crippen molar-refractivity contribution < 1.29 is 4.74 Å². The molecule has 1 aliphatic heterocycles. The number of benzene rings is 1. The van der Waals surface area contributed by atoms with Crippen molar-refractivity contribution in [3.63, 3.8) is 0 Å². The van der Waals surface area contributed by atoms with Gasteiger partial charge in [-0.25, -0.2) is 9.98 Å². The Morgan fingerprint density at radius 1 is 1.10 bits per heavy atom. The number of ether oxygens (including phenoxy) is 1. The molecule has 0 bridgehead atoms. The molecule has 0 spiro atoms. The van der Waals surface area contributed by atoms with E-state index in [0.29, 0.717) is 6.54 Å². The summed E-state index contributed by atoms with van der Waals surface area (Å²) in [5, 5.41) is 6.96. The van der Waals surface area contributed by atoms with E-state index >= 15 is 0 Å². The number of morpholine rings is 1. The Hall–Kier alpha value is -2.60. The Balaban J connectivity index is 1.43. The minimum Gasteiger partial charge on any atom is -0.378 e. The smallest absolute Gasteiger partial charge is 0.191 e. The van der Waals surface area contributed by atoms with E-state index in [-0.39, 0.29) is 5.41 Å². The highest BCUT2D eigenvalue weighted by Crippen LogP contribution is 2.47. The number of aromatic nitrogens is 1. The molecule has 1 aromatic carbocycles. The van der Waals surface area contributed by atoms with Crippen molar-refractivity contribution in [3.8, 4) is 0 Å². The molecule has 1 saturated carbocycles. The van der Waals surface area contributed by atoms with Crippen LogP contribution in [-0.2, 0) is 16.7 Å². The molecule has 0 amide bonds. The van der Waals surface area contributed by atoms with Gasteiger partial charge in [0, 0.05) is 43.4 Å². The van der Waals surface area contributed by atoms with Crippen LogP contribution in [0.3, 0.4) is 0 Å². The lowest BCUT2D eigenvalue weighted by Gasteiger charge is -2.29. The molecule has 29 heavy (non-hydrogen) atoms. The average Bonchev–Trinajstić information content (AvgIpc) is 3.58. The van der Waals surface area contributed by atoms with Crippen molar-refractivity contribution in [1.82, 2.24) is 15.6 Å². The minimum absolute atomic E-state index is 0.255. The fourth-order valence-electron chi connectivity index (χ4n) is 3.88. The lowest BCUT2D eigenvalue weighted by atomic mass is 9.96. The lowest BCUT2D eigenvalue weighted by molar-refractivity contribution is 0.122. The molecule has 2 heterocycles. The van der Waals surface area contributed by atoms with Crippen LogP contribution in [0, 0.1) is 0 Å². The molecule has 0 atom stereocenters. The average molecular weight is 394 g/mol. The zero-order valence-electron chi connectivity index (χ0n) is 17.2. The first-order chi connectivity index (χ1) is 14.3. The first-order valence-electron chi connectivity index (χ1n) is 10.6. The van der Waals surface area contributed by atoms with E-state index in [1.54, 1.807) is 0 Å². The maximum Gasteiger partial charge on any atom is 0.191 e. The van der Waals surface area contributed by atoms with Gasteiger partial charge in [0.25, 0.3) is 0 Å². The van der Waals surface area contributed by atoms with Crippen molar-refractivity contribution >= 4 is 11.8 Å². The van der Waals surface area contributed by atoms with E-state index in [1.807, 2.05) is 12.3 Å². The fraction of sp³-hybridized carbons (Fsp3) is 0.478. The van der Waals surface area contributed by atoms with Crippen LogP contribution in [-0.4, -0.2) is 50.3 Å². The highest BCUT2D eigenvalue weighted by atomic mass is 16.5. The molecule has 6 nitrogen and oxygen atoms in total. The lowest BCUT2D eigenvalue weighted by Crippen LogP contribution is -2.41. The van der Waals surface area contributed by atoms with Crippen LogP contribution < -0.4 is 15.5 Å². The van der Waals surface area contributed by atoms with Crippen LogP contribution in [0.4, 0.5) is 5.82 Å². The van der Waals surface area contributed by atoms with E-state index < -0.39 is 0 Å². The number of hydrogen-bond acceptors (Lipinski definition) is 4. The van der Waals surface area contributed by atoms with Gasteiger partial charge in [-0.2, -0.15) is 0 Å². The molecule has 0 radical (unpaired) electrons. The SMILES string of the molecule is CCNC(=NCc1cccnc1N1CCOCC1)NCC1(c2ccccc2)CC1. The zero-order valence-corrected chi connectivity index (χ0v) is 17.2. The molecule has 1 saturated heterocycles. The van der Waals surface area contributed by atoms with Crippen molar-refractivity contribution in [2.24, 2.45) is 4.99 Å². The first-order valence-corrected chi connectivity index (χ1v) is 10.6. The summed E-state index contributed by atoms with van der Waals surface area (Å²) in [5.41, 5.74) is 2.83. The van der Waals surface area contributed by atoms with Gasteiger partial charge in [0.05, 0.1) is 19.8 Å². The van der Waals surface area contributed by atoms with E-state index in [2.05, 4.69) is 63.8 Å². The summed E-state index contributed by atoms with van der Waals surface area (Å²) < 4.78 is 5.48. The largest absolute Gasteiger partial charge is 0.378 e. The molecule has 4 rings (SSSR count). The monoisotopic (exact) mass is 393 g/mol. The summed E-state index contributed by atoms with van der Waals surface area (Å²) in [5.74, 6) is 1.89. The summed E-state index contributed by atoms with van der Waals surface area (Å²) in [6.07, 6.45) is 4.32. The topological polar surface area (TPSA) is 61.8 Å². The van der Waals surface area contributed by atoms with Gasteiger partial charge in [-0.05, 0) is 31.4 Å². The van der Waals surface area contributed by atoms with Crippen LogP contribution in [0.2, 0.25) is 0 Å². The first kappa shape index (κ1) is 19.7. The van der Waals surface area contributed by atoms with Crippen LogP contribution in [0.25, 0.3) is 0 Å². The molecule has 6 heteroatoms. The zero-order chi connectivity index (χ0) is 19.9. The fourth-order valence-corrected chi connectivity index (χ4v) is 3.88. The van der Waals surface area contributed by atoms with Crippen LogP contribution in [0.1, 0.15) is 30.9 Å². The summed E-state index contributed by atoms with van der Waals surface area (Å²) in [6, 6.07) is 14.9. The molecule has 2 N–H and O–H groups in total. The maximum atomic E-state index is 5.48. The number of nitrogens with one attached hydrogen (secondary N) is 2. The summed E-state index contributed by atoms with van der Waals surface area (Å²) in [7, 11) is 0. The van der Waals surface area contributed by atoms with Gasteiger partial charge in [0.1, 0.15) is 5.82 Å². The van der Waals surface area contributed by atoms with E-state index in [0.717, 1.165) is 56.7 Å². The van der Waals surface area contributed by atoms with Gasteiger partial charge < -0.3 is 20.3 Å². The molecule has 1 aliphatic carbocycles. The van der Waals surface area contributed by atoms with E-state index in [4.69, 9.17) is 9.73 Å². The Morgan fingerprint density at radius 3 is 2.62 bits per heavy atom. The predicted octanol–water partition coefficient (Wildman–Crippen LogP) is 2.71. The maximum absolute atomic E-state index is 5.48. The van der Waals surface area contributed by atoms with E-state index in [1.165, 1.54) is 18.4 Å². The van der Waals surface area contributed by atoms with Gasteiger partial charge in [-0.1, -0.05) is 36.4 Å². The normalized spacial score (nSPS) is 18.4. The molecule has 1 aromatic heterocycles. The number of pyridine rings is 1.